The van der Waals surface area contributed by atoms with Crippen molar-refractivity contribution in [3.05, 3.63) is 65.5 Å². The maximum Gasteiger partial charge on any atom is 0.310 e. The molecular weight excluding hydrogens is 353 g/mol. The first kappa shape index (κ1) is 17.6. The van der Waals surface area contributed by atoms with Gasteiger partial charge in [-0.05, 0) is 54.0 Å². The second-order valence-corrected chi connectivity index (χ2v) is 8.21. The maximum absolute atomic E-state index is 13.1. The summed E-state index contributed by atoms with van der Waals surface area (Å²) >= 11 is 0. The second-order valence-electron chi connectivity index (χ2n) is 8.21. The molecule has 5 atom stereocenters. The van der Waals surface area contributed by atoms with Crippen molar-refractivity contribution in [2.45, 2.75) is 31.3 Å². The fraction of sp³-hybridized carbons (Fsp3) is 0.375. The lowest BCUT2D eigenvalue weighted by Gasteiger charge is -2.50. The van der Waals surface area contributed by atoms with E-state index in [9.17, 15) is 9.18 Å². The average Bonchev–Trinajstić information content (AvgIpc) is 3.03. The van der Waals surface area contributed by atoms with Crippen LogP contribution in [0.1, 0.15) is 24.8 Å². The first-order valence-corrected chi connectivity index (χ1v) is 10.0. The van der Waals surface area contributed by atoms with Crippen molar-refractivity contribution < 1.29 is 13.9 Å². The van der Waals surface area contributed by atoms with Gasteiger partial charge in [0.2, 0.25) is 0 Å². The topological polar surface area (TPSA) is 29.5 Å². The van der Waals surface area contributed by atoms with Crippen LogP contribution in [0.3, 0.4) is 0 Å². The smallest absolute Gasteiger partial charge is 0.310 e. The molecule has 4 heterocycles. The van der Waals surface area contributed by atoms with Crippen LogP contribution < -0.4 is 0 Å². The number of hydrogen-bond acceptors (Lipinski definition) is 3. The zero-order valence-corrected chi connectivity index (χ0v) is 16.0. The predicted octanol–water partition coefficient (Wildman–Crippen LogP) is 4.53. The predicted molar refractivity (Wildman–Crippen MR) is 107 cm³/mol. The van der Waals surface area contributed by atoms with Crippen molar-refractivity contribution in [3.63, 3.8) is 0 Å². The Hall–Kier alpha value is -2.46. The van der Waals surface area contributed by atoms with Gasteiger partial charge in [0, 0.05) is 18.6 Å². The molecule has 4 aliphatic rings. The Balaban J connectivity index is 1.41. The summed E-state index contributed by atoms with van der Waals surface area (Å²) in [6.07, 6.45) is 5.63. The first-order chi connectivity index (χ1) is 13.6. The first-order valence-electron chi connectivity index (χ1n) is 10.0. The highest BCUT2D eigenvalue weighted by molar-refractivity contribution is 5.76. The number of piperidine rings is 3. The summed E-state index contributed by atoms with van der Waals surface area (Å²) in [5.41, 5.74) is 4.57. The normalized spacial score (nSPS) is 31.9. The third-order valence-electron chi connectivity index (χ3n) is 6.82. The van der Waals surface area contributed by atoms with Crippen LogP contribution in [0.25, 0.3) is 17.2 Å². The number of carbonyl (C=O) groups is 1. The van der Waals surface area contributed by atoms with Gasteiger partial charge in [-0.1, -0.05) is 48.0 Å². The third kappa shape index (κ3) is 2.87. The van der Waals surface area contributed by atoms with E-state index in [2.05, 4.69) is 35.2 Å². The van der Waals surface area contributed by atoms with Gasteiger partial charge in [0.25, 0.3) is 0 Å². The van der Waals surface area contributed by atoms with Gasteiger partial charge >= 0.3 is 5.97 Å². The standard InChI is InChI=1S/C24H24FNO2/c1-28-24(27)23-21-13-20-10-11-22(23)26(20)14-18(21)12-15-2-4-16(5-3-15)17-6-8-19(25)9-7-17/h2-9,12,20-23H,10-11,13-14H2,1H3/b18-12+. The lowest BCUT2D eigenvalue weighted by molar-refractivity contribution is -0.153. The molecule has 6 rings (SSSR count). The Kier molecular flexibility index (Phi) is 4.31. The van der Waals surface area contributed by atoms with Crippen molar-refractivity contribution in [3.8, 4) is 11.1 Å². The molecule has 0 saturated carbocycles. The number of fused-ring (bicyclic) bond motifs is 1. The fourth-order valence-corrected chi connectivity index (χ4v) is 5.51. The molecule has 0 amide bonds. The minimum Gasteiger partial charge on any atom is -0.469 e. The number of hydrogen-bond donors (Lipinski definition) is 0. The zero-order valence-electron chi connectivity index (χ0n) is 16.0. The van der Waals surface area contributed by atoms with Crippen LogP contribution in [0.15, 0.2) is 54.1 Å². The summed E-state index contributed by atoms with van der Waals surface area (Å²) in [5.74, 6) is -0.00634. The van der Waals surface area contributed by atoms with E-state index in [1.54, 1.807) is 12.1 Å². The molecule has 4 bridgehead atoms. The minimum atomic E-state index is -0.221. The van der Waals surface area contributed by atoms with E-state index in [0.717, 1.165) is 36.1 Å². The highest BCUT2D eigenvalue weighted by atomic mass is 19.1. The van der Waals surface area contributed by atoms with Crippen LogP contribution in [-0.2, 0) is 9.53 Å². The van der Waals surface area contributed by atoms with Crippen molar-refractivity contribution in [2.75, 3.05) is 13.7 Å². The van der Waals surface area contributed by atoms with Crippen molar-refractivity contribution in [2.24, 2.45) is 11.8 Å². The molecule has 2 aromatic carbocycles. The lowest BCUT2D eigenvalue weighted by atomic mass is 9.71. The number of methoxy groups -OCH3 is 1. The highest BCUT2D eigenvalue weighted by Gasteiger charge is 2.55. The van der Waals surface area contributed by atoms with Crippen LogP contribution in [0.4, 0.5) is 4.39 Å². The average molecular weight is 377 g/mol. The number of rotatable bonds is 3. The van der Waals surface area contributed by atoms with E-state index in [-0.39, 0.29) is 17.7 Å². The molecule has 0 aromatic heterocycles. The monoisotopic (exact) mass is 377 g/mol. The molecule has 4 fully saturated rings. The van der Waals surface area contributed by atoms with Crippen molar-refractivity contribution in [1.82, 2.24) is 4.90 Å². The number of ether oxygens (including phenoxy) is 1. The van der Waals surface area contributed by atoms with Gasteiger partial charge < -0.3 is 4.74 Å². The summed E-state index contributed by atoms with van der Waals surface area (Å²) in [6.45, 7) is 0.965. The van der Waals surface area contributed by atoms with Crippen LogP contribution in [-0.4, -0.2) is 36.6 Å². The molecule has 0 N–H and O–H groups in total. The Labute approximate surface area is 164 Å². The van der Waals surface area contributed by atoms with E-state index < -0.39 is 0 Å². The van der Waals surface area contributed by atoms with Gasteiger partial charge in [-0.2, -0.15) is 0 Å². The van der Waals surface area contributed by atoms with Gasteiger partial charge in [0.05, 0.1) is 13.0 Å². The van der Waals surface area contributed by atoms with E-state index in [1.165, 1.54) is 31.2 Å². The quantitative estimate of drug-likeness (QED) is 0.736. The van der Waals surface area contributed by atoms with Gasteiger partial charge in [-0.25, -0.2) is 4.39 Å². The molecule has 2 aromatic rings. The number of halogens is 1. The Bertz CT molecular complexity index is 919. The highest BCUT2D eigenvalue weighted by Crippen LogP contribution is 2.50. The van der Waals surface area contributed by atoms with Gasteiger partial charge in [-0.15, -0.1) is 0 Å². The molecule has 144 valence electrons. The molecule has 0 aliphatic carbocycles. The van der Waals surface area contributed by atoms with Gasteiger partial charge in [-0.3, -0.25) is 9.69 Å². The van der Waals surface area contributed by atoms with E-state index in [4.69, 9.17) is 4.74 Å². The summed E-state index contributed by atoms with van der Waals surface area (Å²) in [4.78, 5) is 15.0. The number of benzene rings is 2. The van der Waals surface area contributed by atoms with Crippen molar-refractivity contribution >= 4 is 12.0 Å². The summed E-state index contributed by atoms with van der Waals surface area (Å²) < 4.78 is 18.3. The van der Waals surface area contributed by atoms with Crippen LogP contribution in [0.2, 0.25) is 0 Å². The van der Waals surface area contributed by atoms with E-state index in [0.29, 0.717) is 18.0 Å². The largest absolute Gasteiger partial charge is 0.469 e. The molecule has 3 nitrogen and oxygen atoms in total. The number of carbonyl (C=O) groups excluding carboxylic acids is 1. The SMILES string of the molecule is COC(=O)C1C2CC3CCC1N3C/C2=C\c1ccc(-c2ccc(F)cc2)cc1. The molecule has 4 heteroatoms. The van der Waals surface area contributed by atoms with E-state index in [1.807, 2.05) is 0 Å². The maximum atomic E-state index is 13.1. The minimum absolute atomic E-state index is 0.0257. The summed E-state index contributed by atoms with van der Waals surface area (Å²) in [6, 6.07) is 15.9. The molecule has 0 radical (unpaired) electrons. The lowest BCUT2D eigenvalue weighted by Crippen LogP contribution is -2.58. The molecule has 5 unspecified atom stereocenters. The van der Waals surface area contributed by atoms with E-state index >= 15 is 0 Å². The molecule has 4 aliphatic heterocycles. The number of esters is 1. The Morgan fingerprint density at radius 3 is 2.43 bits per heavy atom. The van der Waals surface area contributed by atoms with Crippen LogP contribution in [0.5, 0.6) is 0 Å². The molecule has 4 saturated heterocycles. The van der Waals surface area contributed by atoms with Crippen LogP contribution >= 0.6 is 0 Å². The Morgan fingerprint density at radius 1 is 1.07 bits per heavy atom. The summed E-state index contributed by atoms with van der Waals surface area (Å²) in [5, 5.41) is 0. The number of nitrogens with zero attached hydrogens (tertiary/aromatic N) is 1. The fourth-order valence-electron chi connectivity index (χ4n) is 5.51. The Morgan fingerprint density at radius 2 is 1.75 bits per heavy atom. The zero-order chi connectivity index (χ0) is 19.3. The summed E-state index contributed by atoms with van der Waals surface area (Å²) in [7, 11) is 1.50. The third-order valence-corrected chi connectivity index (χ3v) is 6.82. The van der Waals surface area contributed by atoms with Gasteiger partial charge in [0.1, 0.15) is 5.82 Å². The molecule has 0 spiro atoms. The van der Waals surface area contributed by atoms with Crippen LogP contribution in [0, 0.1) is 17.7 Å². The van der Waals surface area contributed by atoms with Crippen molar-refractivity contribution in [1.29, 1.82) is 0 Å². The molecule has 28 heavy (non-hydrogen) atoms. The molecular formula is C24H24FNO2. The second kappa shape index (κ2) is 6.85. The van der Waals surface area contributed by atoms with Gasteiger partial charge in [0.15, 0.2) is 0 Å².